The van der Waals surface area contributed by atoms with E-state index >= 15 is 0 Å². The van der Waals surface area contributed by atoms with Crippen LogP contribution in [0.1, 0.15) is 51.4 Å². The molecule has 132 valence electrons. The number of halogens is 2. The van der Waals surface area contributed by atoms with E-state index in [-0.39, 0.29) is 12.8 Å². The summed E-state index contributed by atoms with van der Waals surface area (Å²) in [6.07, 6.45) is 6.21. The zero-order valence-electron chi connectivity index (χ0n) is 13.6. The van der Waals surface area contributed by atoms with Crippen LogP contribution in [0.3, 0.4) is 0 Å². The van der Waals surface area contributed by atoms with Gasteiger partial charge in [0.25, 0.3) is 5.92 Å². The van der Waals surface area contributed by atoms with Gasteiger partial charge in [0.2, 0.25) is 0 Å². The maximum absolute atomic E-state index is 13.5. The van der Waals surface area contributed by atoms with Crippen molar-refractivity contribution in [2.75, 3.05) is 26.2 Å². The minimum atomic E-state index is -2.70. The maximum Gasteiger partial charge on any atom is 0.303 e. The number of carboxylic acids is 1. The van der Waals surface area contributed by atoms with Gasteiger partial charge in [-0.15, -0.1) is 0 Å². The van der Waals surface area contributed by atoms with Gasteiger partial charge in [-0.05, 0) is 62.9 Å². The molecule has 0 unspecified atom stereocenters. The SMILES string of the molecule is O=C(O)CC1CCC2(CC1)CCN(C[C@@]1(CO)CC1(F)F)CC2. The summed E-state index contributed by atoms with van der Waals surface area (Å²) in [6.45, 7) is 1.51. The van der Waals surface area contributed by atoms with E-state index in [0.29, 0.717) is 17.9 Å². The molecule has 0 bridgehead atoms. The van der Waals surface area contributed by atoms with Crippen molar-refractivity contribution in [1.29, 1.82) is 0 Å². The molecular formula is C17H27F2NO3. The highest BCUT2D eigenvalue weighted by molar-refractivity contribution is 5.67. The fraction of sp³-hybridized carbons (Fsp3) is 0.941. The second-order valence-electron chi connectivity index (χ2n) is 8.14. The van der Waals surface area contributed by atoms with E-state index < -0.39 is 23.9 Å². The van der Waals surface area contributed by atoms with Crippen molar-refractivity contribution < 1.29 is 23.8 Å². The van der Waals surface area contributed by atoms with Crippen molar-refractivity contribution in [2.24, 2.45) is 16.7 Å². The zero-order valence-corrected chi connectivity index (χ0v) is 13.6. The number of carbonyl (C=O) groups is 1. The van der Waals surface area contributed by atoms with Crippen LogP contribution in [0.5, 0.6) is 0 Å². The first-order valence-electron chi connectivity index (χ1n) is 8.73. The van der Waals surface area contributed by atoms with E-state index in [0.717, 1.165) is 51.6 Å². The zero-order chi connectivity index (χ0) is 16.7. The molecule has 1 saturated heterocycles. The summed E-state index contributed by atoms with van der Waals surface area (Å²) in [5.74, 6) is -3.11. The summed E-state index contributed by atoms with van der Waals surface area (Å²) in [6, 6.07) is 0. The van der Waals surface area contributed by atoms with Crippen LogP contribution in [0.15, 0.2) is 0 Å². The molecule has 0 aromatic carbocycles. The standard InChI is InChI=1S/C17H27F2NO3/c18-17(19)10-16(17,12-21)11-20-7-5-15(6-8-20)3-1-13(2-4-15)9-14(22)23/h13,21H,1-12H2,(H,22,23)/t16-/m1/s1. The van der Waals surface area contributed by atoms with Crippen LogP contribution in [0.2, 0.25) is 0 Å². The fourth-order valence-electron chi connectivity index (χ4n) is 4.63. The average Bonchev–Trinajstić information content (AvgIpc) is 3.05. The monoisotopic (exact) mass is 331 g/mol. The summed E-state index contributed by atoms with van der Waals surface area (Å²) in [7, 11) is 0. The molecule has 3 rings (SSSR count). The van der Waals surface area contributed by atoms with Gasteiger partial charge in [-0.25, -0.2) is 8.78 Å². The molecule has 2 N–H and O–H groups in total. The number of carboxylic acid groups (broad SMARTS) is 1. The highest BCUT2D eigenvalue weighted by atomic mass is 19.3. The van der Waals surface area contributed by atoms with Crippen molar-refractivity contribution in [1.82, 2.24) is 4.90 Å². The van der Waals surface area contributed by atoms with E-state index in [1.807, 2.05) is 0 Å². The molecule has 1 aliphatic heterocycles. The lowest BCUT2D eigenvalue weighted by atomic mass is 9.65. The average molecular weight is 331 g/mol. The number of piperidine rings is 1. The van der Waals surface area contributed by atoms with Crippen LogP contribution < -0.4 is 0 Å². The molecular weight excluding hydrogens is 304 g/mol. The molecule has 2 saturated carbocycles. The summed E-state index contributed by atoms with van der Waals surface area (Å²) in [5.41, 5.74) is -0.902. The van der Waals surface area contributed by atoms with Gasteiger partial charge in [0, 0.05) is 19.4 Å². The number of hydrogen-bond donors (Lipinski definition) is 2. The van der Waals surface area contributed by atoms with Crippen LogP contribution in [0, 0.1) is 16.7 Å². The summed E-state index contributed by atoms with van der Waals surface area (Å²) < 4.78 is 26.9. The van der Waals surface area contributed by atoms with Gasteiger partial charge in [0.15, 0.2) is 0 Å². The van der Waals surface area contributed by atoms with E-state index in [2.05, 4.69) is 4.90 Å². The van der Waals surface area contributed by atoms with Gasteiger partial charge < -0.3 is 15.1 Å². The number of likely N-dealkylation sites (tertiary alicyclic amines) is 1. The Balaban J connectivity index is 1.47. The second-order valence-corrected chi connectivity index (χ2v) is 8.14. The topological polar surface area (TPSA) is 60.8 Å². The van der Waals surface area contributed by atoms with Crippen LogP contribution in [0.4, 0.5) is 8.78 Å². The normalized spacial score (nSPS) is 33.7. The lowest BCUT2D eigenvalue weighted by Gasteiger charge is -2.46. The predicted octanol–water partition coefficient (Wildman–Crippen LogP) is 2.75. The first-order chi connectivity index (χ1) is 10.8. The highest BCUT2D eigenvalue weighted by Crippen LogP contribution is 2.60. The molecule has 2 aliphatic carbocycles. The van der Waals surface area contributed by atoms with Gasteiger partial charge in [-0.2, -0.15) is 0 Å². The number of rotatable bonds is 5. The quantitative estimate of drug-likeness (QED) is 0.813. The molecule has 0 amide bonds. The molecule has 3 aliphatic rings. The van der Waals surface area contributed by atoms with Crippen molar-refractivity contribution in [3.05, 3.63) is 0 Å². The van der Waals surface area contributed by atoms with Crippen LogP contribution in [0.25, 0.3) is 0 Å². The van der Waals surface area contributed by atoms with E-state index in [1.54, 1.807) is 0 Å². The van der Waals surface area contributed by atoms with E-state index in [9.17, 15) is 18.7 Å². The fourth-order valence-corrected chi connectivity index (χ4v) is 4.63. The number of aliphatic hydroxyl groups excluding tert-OH is 1. The Morgan fingerprint density at radius 3 is 2.13 bits per heavy atom. The molecule has 1 heterocycles. The van der Waals surface area contributed by atoms with Crippen molar-refractivity contribution in [3.63, 3.8) is 0 Å². The Kier molecular flexibility index (Phi) is 4.42. The third kappa shape index (κ3) is 3.38. The minimum Gasteiger partial charge on any atom is -0.481 e. The van der Waals surface area contributed by atoms with Gasteiger partial charge in [-0.3, -0.25) is 4.79 Å². The Hall–Kier alpha value is -0.750. The summed E-state index contributed by atoms with van der Waals surface area (Å²) >= 11 is 0. The lowest BCUT2D eigenvalue weighted by molar-refractivity contribution is -0.138. The Morgan fingerprint density at radius 2 is 1.70 bits per heavy atom. The third-order valence-corrected chi connectivity index (χ3v) is 6.59. The van der Waals surface area contributed by atoms with Crippen molar-refractivity contribution in [3.8, 4) is 0 Å². The first-order valence-corrected chi connectivity index (χ1v) is 8.73. The van der Waals surface area contributed by atoms with Gasteiger partial charge >= 0.3 is 5.97 Å². The van der Waals surface area contributed by atoms with Crippen molar-refractivity contribution in [2.45, 2.75) is 57.3 Å². The van der Waals surface area contributed by atoms with Gasteiger partial charge in [-0.1, -0.05) is 0 Å². The number of nitrogens with zero attached hydrogens (tertiary/aromatic N) is 1. The number of aliphatic carboxylic acids is 1. The highest BCUT2D eigenvalue weighted by Gasteiger charge is 2.71. The molecule has 4 nitrogen and oxygen atoms in total. The van der Waals surface area contributed by atoms with Gasteiger partial charge in [0.1, 0.15) is 0 Å². The molecule has 3 fully saturated rings. The van der Waals surface area contributed by atoms with E-state index in [1.165, 1.54) is 0 Å². The smallest absolute Gasteiger partial charge is 0.303 e. The third-order valence-electron chi connectivity index (χ3n) is 6.59. The lowest BCUT2D eigenvalue weighted by Crippen LogP contribution is -2.45. The van der Waals surface area contributed by atoms with Gasteiger partial charge in [0.05, 0.1) is 12.0 Å². The Bertz CT molecular complexity index is 453. The molecule has 1 spiro atoms. The summed E-state index contributed by atoms with van der Waals surface area (Å²) in [5, 5.41) is 18.2. The van der Waals surface area contributed by atoms with Crippen LogP contribution >= 0.6 is 0 Å². The molecule has 6 heteroatoms. The van der Waals surface area contributed by atoms with Crippen LogP contribution in [-0.2, 0) is 4.79 Å². The number of alkyl halides is 2. The maximum atomic E-state index is 13.5. The number of hydrogen-bond acceptors (Lipinski definition) is 3. The molecule has 0 aromatic heterocycles. The first kappa shape index (κ1) is 17.1. The summed E-state index contributed by atoms with van der Waals surface area (Å²) in [4.78, 5) is 12.9. The second kappa shape index (κ2) is 5.96. The molecule has 23 heavy (non-hydrogen) atoms. The largest absolute Gasteiger partial charge is 0.481 e. The molecule has 1 atom stereocenters. The van der Waals surface area contributed by atoms with E-state index in [4.69, 9.17) is 5.11 Å². The molecule has 0 aromatic rings. The Labute approximate surface area is 135 Å². The minimum absolute atomic E-state index is 0.186. The Morgan fingerprint density at radius 1 is 1.13 bits per heavy atom. The number of aliphatic hydroxyl groups is 1. The predicted molar refractivity (Wildman–Crippen MR) is 81.4 cm³/mol. The van der Waals surface area contributed by atoms with Crippen molar-refractivity contribution >= 4 is 5.97 Å². The molecule has 0 radical (unpaired) electrons. The van der Waals surface area contributed by atoms with Crippen LogP contribution in [-0.4, -0.2) is 53.2 Å².